The zero-order chi connectivity index (χ0) is 18.5. The number of hydrogen-bond donors (Lipinski definition) is 1. The average molecular weight is 356 g/mol. The molecule has 1 amide bonds. The molecule has 4 rings (SSSR count). The van der Waals surface area contributed by atoms with Crippen LogP contribution in [-0.4, -0.2) is 46.2 Å². The van der Waals surface area contributed by atoms with Gasteiger partial charge in [0.05, 0.1) is 17.9 Å². The van der Waals surface area contributed by atoms with Gasteiger partial charge in [-0.05, 0) is 36.7 Å². The summed E-state index contributed by atoms with van der Waals surface area (Å²) in [6.07, 6.45) is 10.3. The van der Waals surface area contributed by atoms with Crippen molar-refractivity contribution in [2.24, 2.45) is 5.41 Å². The highest BCUT2D eigenvalue weighted by atomic mass is 16.5. The van der Waals surface area contributed by atoms with E-state index < -0.39 is 0 Å². The quantitative estimate of drug-likeness (QED) is 0.902. The third-order valence-corrected chi connectivity index (χ3v) is 5.59. The van der Waals surface area contributed by atoms with Gasteiger partial charge in [0, 0.05) is 25.4 Å². The molecule has 1 fully saturated rings. The molecule has 3 aliphatic heterocycles. The maximum Gasteiger partial charge on any atom is 0.276 e. The number of nitrogens with one attached hydrogen (secondary N) is 1. The molecule has 0 aliphatic carbocycles. The summed E-state index contributed by atoms with van der Waals surface area (Å²) in [4.78, 5) is 17.0. The molecule has 0 spiro atoms. The molecule has 1 saturated heterocycles. The SMILES string of the molecule is CN1C=C(C2=CC3CCC(C2)N3C(=O)c2ccon2)NC1CC(C)(C)C. The van der Waals surface area contributed by atoms with Gasteiger partial charge in [-0.1, -0.05) is 32.0 Å². The lowest BCUT2D eigenvalue weighted by Crippen LogP contribution is -2.44. The summed E-state index contributed by atoms with van der Waals surface area (Å²) in [7, 11) is 2.13. The van der Waals surface area contributed by atoms with Crippen LogP contribution in [0.25, 0.3) is 0 Å². The summed E-state index contributed by atoms with van der Waals surface area (Å²) in [5, 5.41) is 7.52. The Hall–Kier alpha value is -2.24. The van der Waals surface area contributed by atoms with E-state index in [9.17, 15) is 4.79 Å². The van der Waals surface area contributed by atoms with Crippen LogP contribution < -0.4 is 5.32 Å². The summed E-state index contributed by atoms with van der Waals surface area (Å²) in [5.74, 6) is -0.0161. The fraction of sp³-hybridized carbons (Fsp3) is 0.600. The Bertz CT molecular complexity index is 744. The Balaban J connectivity index is 1.50. The minimum Gasteiger partial charge on any atom is -0.364 e. The van der Waals surface area contributed by atoms with E-state index in [-0.39, 0.29) is 23.4 Å². The van der Waals surface area contributed by atoms with Crippen LogP contribution in [0, 0.1) is 5.41 Å². The molecule has 2 bridgehead atoms. The van der Waals surface area contributed by atoms with Crippen molar-refractivity contribution in [3.05, 3.63) is 41.6 Å². The minimum atomic E-state index is -0.0161. The number of hydrogen-bond acceptors (Lipinski definition) is 5. The van der Waals surface area contributed by atoms with Gasteiger partial charge in [0.1, 0.15) is 6.26 Å². The van der Waals surface area contributed by atoms with E-state index >= 15 is 0 Å². The number of amides is 1. The third-order valence-electron chi connectivity index (χ3n) is 5.59. The molecule has 0 aromatic carbocycles. The Morgan fingerprint density at radius 1 is 1.38 bits per heavy atom. The van der Waals surface area contributed by atoms with Crippen LogP contribution in [0.3, 0.4) is 0 Å². The number of rotatable bonds is 3. The molecular formula is C20H28N4O2. The molecule has 0 radical (unpaired) electrons. The van der Waals surface area contributed by atoms with Gasteiger partial charge in [-0.15, -0.1) is 0 Å². The number of fused-ring (bicyclic) bond motifs is 2. The Morgan fingerprint density at radius 3 is 2.85 bits per heavy atom. The Labute approximate surface area is 154 Å². The van der Waals surface area contributed by atoms with E-state index in [1.165, 1.54) is 17.5 Å². The van der Waals surface area contributed by atoms with Crippen molar-refractivity contribution in [2.75, 3.05) is 7.05 Å². The predicted molar refractivity (Wildman–Crippen MR) is 99.0 cm³/mol. The number of aromatic nitrogens is 1. The lowest BCUT2D eigenvalue weighted by atomic mass is 9.90. The molecule has 1 aromatic heterocycles. The van der Waals surface area contributed by atoms with E-state index in [4.69, 9.17) is 4.52 Å². The van der Waals surface area contributed by atoms with Crippen LogP contribution in [0.1, 0.15) is 56.9 Å². The largest absolute Gasteiger partial charge is 0.364 e. The normalized spacial score (nSPS) is 28.1. The second-order valence-electron chi connectivity index (χ2n) is 8.92. The summed E-state index contributed by atoms with van der Waals surface area (Å²) in [6, 6.07) is 2.05. The molecule has 3 atom stereocenters. The first-order valence-electron chi connectivity index (χ1n) is 9.46. The second kappa shape index (κ2) is 6.18. The zero-order valence-electron chi connectivity index (χ0n) is 16.0. The van der Waals surface area contributed by atoms with Crippen LogP contribution in [-0.2, 0) is 0 Å². The van der Waals surface area contributed by atoms with E-state index in [1.807, 2.05) is 4.90 Å². The van der Waals surface area contributed by atoms with Crippen LogP contribution in [0.15, 0.2) is 40.4 Å². The number of nitrogens with zero attached hydrogens (tertiary/aromatic N) is 3. The van der Waals surface area contributed by atoms with Gasteiger partial charge < -0.3 is 19.6 Å². The lowest BCUT2D eigenvalue weighted by Gasteiger charge is -2.34. The van der Waals surface area contributed by atoms with Gasteiger partial charge in [0.15, 0.2) is 5.69 Å². The molecule has 1 N–H and O–H groups in total. The lowest BCUT2D eigenvalue weighted by molar-refractivity contribution is 0.0674. The van der Waals surface area contributed by atoms with E-state index in [0.29, 0.717) is 11.9 Å². The number of allylic oxidation sites excluding steroid dienone is 1. The summed E-state index contributed by atoms with van der Waals surface area (Å²) >= 11 is 0. The van der Waals surface area contributed by atoms with E-state index in [2.05, 4.69) is 55.5 Å². The van der Waals surface area contributed by atoms with Crippen molar-refractivity contribution >= 4 is 5.91 Å². The zero-order valence-corrected chi connectivity index (χ0v) is 16.0. The van der Waals surface area contributed by atoms with Crippen molar-refractivity contribution < 1.29 is 9.32 Å². The highest BCUT2D eigenvalue weighted by Crippen LogP contribution is 2.39. The summed E-state index contributed by atoms with van der Waals surface area (Å²) < 4.78 is 4.85. The topological polar surface area (TPSA) is 61.6 Å². The first-order valence-corrected chi connectivity index (χ1v) is 9.46. The highest BCUT2D eigenvalue weighted by molar-refractivity contribution is 5.93. The van der Waals surface area contributed by atoms with Gasteiger partial charge in [-0.25, -0.2) is 0 Å². The average Bonchev–Trinajstić information content (AvgIpc) is 3.26. The molecule has 3 unspecified atom stereocenters. The molecule has 26 heavy (non-hydrogen) atoms. The van der Waals surface area contributed by atoms with Gasteiger partial charge >= 0.3 is 0 Å². The maximum absolute atomic E-state index is 12.7. The van der Waals surface area contributed by atoms with Gasteiger partial charge in [-0.3, -0.25) is 4.79 Å². The van der Waals surface area contributed by atoms with Gasteiger partial charge in [-0.2, -0.15) is 0 Å². The second-order valence-corrected chi connectivity index (χ2v) is 8.92. The molecule has 4 heterocycles. The van der Waals surface area contributed by atoms with Crippen LogP contribution in [0.4, 0.5) is 0 Å². The van der Waals surface area contributed by atoms with Crippen molar-refractivity contribution in [3.63, 3.8) is 0 Å². The summed E-state index contributed by atoms with van der Waals surface area (Å²) in [6.45, 7) is 6.82. The van der Waals surface area contributed by atoms with Crippen LogP contribution in [0.2, 0.25) is 0 Å². The van der Waals surface area contributed by atoms with E-state index in [0.717, 1.165) is 25.7 Å². The van der Waals surface area contributed by atoms with Crippen LogP contribution in [0.5, 0.6) is 0 Å². The molecule has 3 aliphatic rings. The third kappa shape index (κ3) is 3.13. The minimum absolute atomic E-state index is 0.0161. The molecule has 1 aromatic rings. The molecule has 6 heteroatoms. The molecule has 6 nitrogen and oxygen atoms in total. The first-order chi connectivity index (χ1) is 12.3. The van der Waals surface area contributed by atoms with Gasteiger partial charge in [0.2, 0.25) is 0 Å². The monoisotopic (exact) mass is 356 g/mol. The number of carbonyl (C=O) groups is 1. The smallest absolute Gasteiger partial charge is 0.276 e. The fourth-order valence-electron chi connectivity index (χ4n) is 4.36. The van der Waals surface area contributed by atoms with Crippen molar-refractivity contribution in [1.29, 1.82) is 0 Å². The van der Waals surface area contributed by atoms with Gasteiger partial charge in [0.25, 0.3) is 5.91 Å². The van der Waals surface area contributed by atoms with E-state index in [1.54, 1.807) is 6.07 Å². The molecule has 0 saturated carbocycles. The first kappa shape index (κ1) is 17.2. The highest BCUT2D eigenvalue weighted by Gasteiger charge is 2.42. The summed E-state index contributed by atoms with van der Waals surface area (Å²) in [5.41, 5.74) is 3.23. The van der Waals surface area contributed by atoms with Crippen LogP contribution >= 0.6 is 0 Å². The molecule has 140 valence electrons. The van der Waals surface area contributed by atoms with Crippen molar-refractivity contribution in [3.8, 4) is 0 Å². The Morgan fingerprint density at radius 2 is 2.19 bits per heavy atom. The van der Waals surface area contributed by atoms with Crippen molar-refractivity contribution in [1.82, 2.24) is 20.3 Å². The maximum atomic E-state index is 12.7. The number of carbonyl (C=O) groups excluding carboxylic acids is 1. The van der Waals surface area contributed by atoms with Crippen molar-refractivity contribution in [2.45, 2.75) is 64.7 Å². The molecular weight excluding hydrogens is 328 g/mol. The Kier molecular flexibility index (Phi) is 4.09. The standard InChI is InChI=1S/C20H28N4O2/c1-20(2,3)11-18-21-17(12-23(18)4)13-9-14-5-6-15(10-13)24(14)19(25)16-7-8-26-22-16/h7-9,12,14-15,18,21H,5-6,10-11H2,1-4H3. The predicted octanol–water partition coefficient (Wildman–Crippen LogP) is 3.12. The fourth-order valence-corrected chi connectivity index (χ4v) is 4.36.